The number of hydrogen-bond acceptors (Lipinski definition) is 4. The molecule has 0 aliphatic rings. The minimum atomic E-state index is 0.439. The third kappa shape index (κ3) is 3.71. The molecule has 4 rings (SSSR count). The molecule has 0 aliphatic carbocycles. The summed E-state index contributed by atoms with van der Waals surface area (Å²) >= 11 is 0. The Morgan fingerprint density at radius 1 is 0.621 bits per heavy atom. The van der Waals surface area contributed by atoms with Gasteiger partial charge in [0.15, 0.2) is 11.5 Å². The minimum Gasteiger partial charge on any atom is -0.493 e. The summed E-state index contributed by atoms with van der Waals surface area (Å²) in [6, 6.07) is 22.9. The van der Waals surface area contributed by atoms with E-state index in [-0.39, 0.29) is 0 Å². The van der Waals surface area contributed by atoms with Gasteiger partial charge in [0.05, 0.1) is 34.5 Å². The van der Waals surface area contributed by atoms with E-state index < -0.39 is 0 Å². The van der Waals surface area contributed by atoms with Crippen molar-refractivity contribution in [2.24, 2.45) is 0 Å². The van der Waals surface area contributed by atoms with Gasteiger partial charge in [-0.05, 0) is 50.9 Å². The van der Waals surface area contributed by atoms with Crippen molar-refractivity contribution in [3.63, 3.8) is 0 Å². The quantitative estimate of drug-likeness (QED) is 0.379. The highest BCUT2D eigenvalue weighted by atomic mass is 16.5. The van der Waals surface area contributed by atoms with Crippen molar-refractivity contribution >= 4 is 21.5 Å². The Kier molecular flexibility index (Phi) is 5.54. The van der Waals surface area contributed by atoms with Crippen molar-refractivity contribution in [1.82, 2.24) is 0 Å². The minimum absolute atomic E-state index is 0.439. The van der Waals surface area contributed by atoms with Gasteiger partial charge in [0.25, 0.3) is 0 Å². The van der Waals surface area contributed by atoms with Gasteiger partial charge in [-0.1, -0.05) is 48.5 Å². The normalized spacial score (nSPS) is 11.0. The molecule has 0 spiro atoms. The third-order valence-corrected chi connectivity index (χ3v) is 5.12. The summed E-state index contributed by atoms with van der Waals surface area (Å²) in [5.41, 5.74) is 2.16. The topological polar surface area (TPSA) is 36.9 Å². The molecule has 0 bridgehead atoms. The first-order valence-corrected chi connectivity index (χ1v) is 9.51. The summed E-state index contributed by atoms with van der Waals surface area (Å²) < 4.78 is 22.4. The van der Waals surface area contributed by atoms with Crippen LogP contribution in [0, 0.1) is 0 Å². The van der Waals surface area contributed by atoms with Crippen LogP contribution in [0.3, 0.4) is 0 Å². The molecule has 29 heavy (non-hydrogen) atoms. The average molecular weight is 388 g/mol. The van der Waals surface area contributed by atoms with Crippen LogP contribution < -0.4 is 14.2 Å². The van der Waals surface area contributed by atoms with Crippen LogP contribution in [0.1, 0.15) is 11.1 Å². The lowest BCUT2D eigenvalue weighted by molar-refractivity contribution is 0.108. The Bertz CT molecular complexity index is 1070. The summed E-state index contributed by atoms with van der Waals surface area (Å²) in [5.74, 6) is 1.83. The molecule has 0 heterocycles. The summed E-state index contributed by atoms with van der Waals surface area (Å²) in [6.45, 7) is 0.951. The molecule has 0 radical (unpaired) electrons. The fourth-order valence-electron chi connectivity index (χ4n) is 3.75. The van der Waals surface area contributed by atoms with Crippen LogP contribution in [0.2, 0.25) is 0 Å². The molecule has 148 valence electrons. The fourth-order valence-corrected chi connectivity index (χ4v) is 3.75. The second-order valence-corrected chi connectivity index (χ2v) is 6.82. The van der Waals surface area contributed by atoms with E-state index in [0.29, 0.717) is 30.5 Å². The summed E-state index contributed by atoms with van der Waals surface area (Å²) in [4.78, 5) is 0. The molecular weight excluding hydrogens is 364 g/mol. The Balaban J connectivity index is 1.64. The van der Waals surface area contributed by atoms with Crippen LogP contribution in [-0.4, -0.2) is 21.3 Å². The Labute approximate surface area is 170 Å². The van der Waals surface area contributed by atoms with Gasteiger partial charge < -0.3 is 18.9 Å². The summed E-state index contributed by atoms with van der Waals surface area (Å²) in [6.07, 6.45) is 0. The van der Waals surface area contributed by atoms with E-state index in [4.69, 9.17) is 18.9 Å². The molecule has 4 heteroatoms. The van der Waals surface area contributed by atoms with Crippen molar-refractivity contribution in [3.05, 3.63) is 77.9 Å². The smallest absolute Gasteiger partial charge is 0.203 e. The molecule has 4 aromatic carbocycles. The van der Waals surface area contributed by atoms with Crippen molar-refractivity contribution in [1.29, 1.82) is 0 Å². The molecule has 4 nitrogen and oxygen atoms in total. The van der Waals surface area contributed by atoms with Crippen molar-refractivity contribution in [3.8, 4) is 17.2 Å². The van der Waals surface area contributed by atoms with Crippen molar-refractivity contribution in [2.45, 2.75) is 13.2 Å². The zero-order chi connectivity index (χ0) is 20.2. The van der Waals surface area contributed by atoms with E-state index in [0.717, 1.165) is 5.56 Å². The molecule has 0 aromatic heterocycles. The summed E-state index contributed by atoms with van der Waals surface area (Å²) in [5, 5.41) is 4.88. The SMILES string of the molecule is COc1cc(COCc2c3ccccc3cc3ccccc23)cc(OC)c1OC. The largest absolute Gasteiger partial charge is 0.493 e. The number of methoxy groups -OCH3 is 3. The second-order valence-electron chi connectivity index (χ2n) is 6.82. The molecule has 0 saturated carbocycles. The molecule has 4 aromatic rings. The Hall–Kier alpha value is -3.24. The van der Waals surface area contributed by atoms with E-state index in [2.05, 4.69) is 54.6 Å². The number of hydrogen-bond donors (Lipinski definition) is 0. The van der Waals surface area contributed by atoms with Gasteiger partial charge in [0.1, 0.15) is 0 Å². The molecular formula is C25H24O4. The highest BCUT2D eigenvalue weighted by Crippen LogP contribution is 2.38. The van der Waals surface area contributed by atoms with Gasteiger partial charge in [-0.25, -0.2) is 0 Å². The lowest BCUT2D eigenvalue weighted by atomic mass is 9.97. The van der Waals surface area contributed by atoms with Gasteiger partial charge in [-0.3, -0.25) is 0 Å². The van der Waals surface area contributed by atoms with E-state index in [1.54, 1.807) is 21.3 Å². The highest BCUT2D eigenvalue weighted by molar-refractivity contribution is 6.02. The first-order valence-electron chi connectivity index (χ1n) is 9.51. The maximum absolute atomic E-state index is 6.14. The maximum atomic E-state index is 6.14. The number of ether oxygens (including phenoxy) is 4. The summed E-state index contributed by atoms with van der Waals surface area (Å²) in [7, 11) is 4.83. The van der Waals surface area contributed by atoms with Crippen LogP contribution >= 0.6 is 0 Å². The zero-order valence-electron chi connectivity index (χ0n) is 16.9. The van der Waals surface area contributed by atoms with E-state index in [1.807, 2.05) is 12.1 Å². The molecule has 0 fully saturated rings. The predicted octanol–water partition coefficient (Wildman–Crippen LogP) is 5.74. The van der Waals surface area contributed by atoms with Gasteiger partial charge in [0.2, 0.25) is 5.75 Å². The first-order chi connectivity index (χ1) is 14.2. The van der Waals surface area contributed by atoms with Gasteiger partial charge in [0, 0.05) is 0 Å². The van der Waals surface area contributed by atoms with E-state index in [9.17, 15) is 0 Å². The van der Waals surface area contributed by atoms with Crippen LogP contribution in [0.15, 0.2) is 66.7 Å². The van der Waals surface area contributed by atoms with Gasteiger partial charge in [-0.15, -0.1) is 0 Å². The monoisotopic (exact) mass is 388 g/mol. The highest BCUT2D eigenvalue weighted by Gasteiger charge is 2.14. The lowest BCUT2D eigenvalue weighted by Gasteiger charge is -2.15. The first kappa shape index (κ1) is 19.1. The third-order valence-electron chi connectivity index (χ3n) is 5.12. The molecule has 0 atom stereocenters. The molecule has 0 amide bonds. The maximum Gasteiger partial charge on any atom is 0.203 e. The van der Waals surface area contributed by atoms with Crippen LogP contribution in [0.25, 0.3) is 21.5 Å². The fraction of sp³-hybridized carbons (Fsp3) is 0.200. The Morgan fingerprint density at radius 3 is 1.69 bits per heavy atom. The lowest BCUT2D eigenvalue weighted by Crippen LogP contribution is -2.00. The van der Waals surface area contributed by atoms with Crippen LogP contribution in [0.5, 0.6) is 17.2 Å². The van der Waals surface area contributed by atoms with E-state index in [1.165, 1.54) is 27.1 Å². The number of rotatable bonds is 7. The Morgan fingerprint density at radius 2 is 1.17 bits per heavy atom. The zero-order valence-corrected chi connectivity index (χ0v) is 16.9. The average Bonchev–Trinajstić information content (AvgIpc) is 2.77. The molecule has 0 aliphatic heterocycles. The number of fused-ring (bicyclic) bond motifs is 2. The van der Waals surface area contributed by atoms with E-state index >= 15 is 0 Å². The standard InChI is InChI=1S/C25H24O4/c1-26-23-12-17(13-24(27-2)25(23)28-3)15-29-16-22-20-10-6-4-8-18(20)14-19-9-5-7-11-21(19)22/h4-14H,15-16H2,1-3H3. The molecule has 0 unspecified atom stereocenters. The van der Waals surface area contributed by atoms with Crippen molar-refractivity contribution in [2.75, 3.05) is 21.3 Å². The second kappa shape index (κ2) is 8.41. The van der Waals surface area contributed by atoms with Crippen LogP contribution in [-0.2, 0) is 18.0 Å². The van der Waals surface area contributed by atoms with Gasteiger partial charge in [-0.2, -0.15) is 0 Å². The van der Waals surface area contributed by atoms with Crippen molar-refractivity contribution < 1.29 is 18.9 Å². The van der Waals surface area contributed by atoms with Gasteiger partial charge >= 0.3 is 0 Å². The molecule has 0 N–H and O–H groups in total. The number of benzene rings is 4. The molecule has 0 saturated heterocycles. The van der Waals surface area contributed by atoms with Crippen LogP contribution in [0.4, 0.5) is 0 Å². The predicted molar refractivity (Wildman–Crippen MR) is 116 cm³/mol.